The van der Waals surface area contributed by atoms with E-state index in [1.807, 2.05) is 37.3 Å². The zero-order chi connectivity index (χ0) is 37.0. The topological polar surface area (TPSA) is 206 Å². The molecule has 0 aromatic heterocycles. The predicted molar refractivity (Wildman–Crippen MR) is 169 cm³/mol. The van der Waals surface area contributed by atoms with Gasteiger partial charge in [-0.3, -0.25) is 29.4 Å². The fourth-order valence-corrected chi connectivity index (χ4v) is 4.93. The molecule has 2 aromatic carbocycles. The Kier molecular flexibility index (Phi) is 14.5. The van der Waals surface area contributed by atoms with Crippen LogP contribution in [-0.2, 0) is 65.4 Å². The molecule has 17 nitrogen and oxygen atoms in total. The number of nitro benzene ring substituents is 1. The van der Waals surface area contributed by atoms with Crippen LogP contribution in [0.25, 0.3) is 0 Å². The summed E-state index contributed by atoms with van der Waals surface area (Å²) < 4.78 is 43.2. The highest BCUT2D eigenvalue weighted by Crippen LogP contribution is 2.35. The quantitative estimate of drug-likeness (QED) is 0.0858. The third-order valence-electron chi connectivity index (χ3n) is 7.18. The highest BCUT2D eigenvalue weighted by molar-refractivity contribution is 5.77. The average Bonchev–Trinajstić information content (AvgIpc) is 3.06. The van der Waals surface area contributed by atoms with Crippen LogP contribution in [0.4, 0.5) is 10.5 Å². The fraction of sp³-hybridized carbons (Fsp3) is 0.485. The molecule has 50 heavy (non-hydrogen) atoms. The number of rotatable bonds is 15. The lowest BCUT2D eigenvalue weighted by molar-refractivity contribution is -0.387. The molecule has 0 aliphatic carbocycles. The molecule has 1 fully saturated rings. The Hall–Kier alpha value is -5.29. The number of carbonyl (C=O) groups is 5. The molecule has 272 valence electrons. The second kappa shape index (κ2) is 18.5. The Morgan fingerprint density at radius 3 is 2.10 bits per heavy atom. The summed E-state index contributed by atoms with van der Waals surface area (Å²) >= 11 is 0. The molecular formula is C33H40N2O15. The van der Waals surface area contributed by atoms with E-state index in [1.54, 1.807) is 6.92 Å². The van der Waals surface area contributed by atoms with Crippen LogP contribution in [0, 0.1) is 10.1 Å². The van der Waals surface area contributed by atoms with Gasteiger partial charge in [-0.1, -0.05) is 36.4 Å². The van der Waals surface area contributed by atoms with E-state index < -0.39 is 77.0 Å². The number of nitro groups is 1. The minimum atomic E-state index is -1.82. The average molecular weight is 705 g/mol. The Morgan fingerprint density at radius 1 is 0.900 bits per heavy atom. The minimum Gasteiger partial charge on any atom is -0.467 e. The molecule has 3 rings (SSSR count). The molecule has 0 saturated carbocycles. The maximum absolute atomic E-state index is 12.8. The number of methoxy groups -OCH3 is 1. The van der Waals surface area contributed by atoms with Gasteiger partial charge in [0.15, 0.2) is 24.1 Å². The van der Waals surface area contributed by atoms with E-state index in [9.17, 15) is 34.1 Å². The monoisotopic (exact) mass is 704 g/mol. The van der Waals surface area contributed by atoms with Crippen LogP contribution < -0.4 is 4.74 Å². The van der Waals surface area contributed by atoms with Crippen LogP contribution in [0.1, 0.15) is 45.7 Å². The summed E-state index contributed by atoms with van der Waals surface area (Å²) in [7, 11) is 1.01. The number of benzene rings is 2. The summed E-state index contributed by atoms with van der Waals surface area (Å²) in [5.41, 5.74) is 0.679. The van der Waals surface area contributed by atoms with Crippen molar-refractivity contribution in [2.75, 3.05) is 20.4 Å². The number of hydrogen-bond acceptors (Lipinski definition) is 15. The highest BCUT2D eigenvalue weighted by Gasteiger charge is 2.56. The SMILES string of the molecule is CCN(COC(C)Cc1ccccc1)C(=O)OCc1ccc(O[C@@H]2O[C@H](C(=O)OC)[C@@H](OC(C)=O)[C@H](OC(C)=O)[C@H]2OC(C)=O)c([N+](=O)[O-])c1. The zero-order valence-electron chi connectivity index (χ0n) is 28.4. The fourth-order valence-electron chi connectivity index (χ4n) is 4.93. The van der Waals surface area contributed by atoms with Crippen molar-refractivity contribution < 1.29 is 66.8 Å². The van der Waals surface area contributed by atoms with Gasteiger partial charge in [0.25, 0.3) is 0 Å². The summed E-state index contributed by atoms with van der Waals surface area (Å²) in [6.07, 6.45) is -8.84. The van der Waals surface area contributed by atoms with Gasteiger partial charge in [0.05, 0.1) is 18.1 Å². The lowest BCUT2D eigenvalue weighted by Gasteiger charge is -2.42. The molecule has 6 atom stereocenters. The van der Waals surface area contributed by atoms with Gasteiger partial charge >= 0.3 is 35.7 Å². The van der Waals surface area contributed by atoms with Crippen molar-refractivity contribution in [3.8, 4) is 5.75 Å². The van der Waals surface area contributed by atoms with E-state index in [-0.39, 0.29) is 31.5 Å². The Morgan fingerprint density at radius 2 is 1.52 bits per heavy atom. The van der Waals surface area contributed by atoms with Gasteiger partial charge in [-0.15, -0.1) is 0 Å². The summed E-state index contributed by atoms with van der Waals surface area (Å²) in [6.45, 7) is 6.56. The van der Waals surface area contributed by atoms with Crippen molar-refractivity contribution in [2.45, 2.75) is 84.5 Å². The van der Waals surface area contributed by atoms with Crippen LogP contribution >= 0.6 is 0 Å². The van der Waals surface area contributed by atoms with Crippen molar-refractivity contribution in [1.82, 2.24) is 4.90 Å². The Labute approximate surface area is 287 Å². The van der Waals surface area contributed by atoms with Gasteiger partial charge in [-0.2, -0.15) is 0 Å². The standard InChI is InChI=1S/C33H40N2O15/c1-7-34(18-45-19(2)15-23-11-9-8-10-12-23)33(40)44-17-24-13-14-26(25(16-24)35(41)42)49-32-30(48-22(5)38)28(47-21(4)37)27(46-20(3)36)29(50-32)31(39)43-6/h8-14,16,19,27-30,32H,7,15,17-18H2,1-6H3/t19?,27-,28-,29-,30+,32+/m0/s1. The minimum absolute atomic E-state index is 0.0413. The van der Waals surface area contributed by atoms with E-state index in [0.29, 0.717) is 6.42 Å². The first-order valence-electron chi connectivity index (χ1n) is 15.5. The first-order valence-corrected chi connectivity index (χ1v) is 15.5. The molecule has 1 heterocycles. The van der Waals surface area contributed by atoms with Gasteiger partial charge in [0.1, 0.15) is 13.3 Å². The predicted octanol–water partition coefficient (Wildman–Crippen LogP) is 3.23. The zero-order valence-corrected chi connectivity index (χ0v) is 28.4. The molecule has 1 unspecified atom stereocenters. The van der Waals surface area contributed by atoms with E-state index in [2.05, 4.69) is 0 Å². The van der Waals surface area contributed by atoms with Crippen molar-refractivity contribution in [2.24, 2.45) is 0 Å². The number of esters is 4. The molecule has 0 N–H and O–H groups in total. The molecule has 1 aliphatic rings. The van der Waals surface area contributed by atoms with Crippen molar-refractivity contribution >= 4 is 35.7 Å². The van der Waals surface area contributed by atoms with Gasteiger partial charge < -0.3 is 37.9 Å². The second-order valence-corrected chi connectivity index (χ2v) is 11.1. The Bertz CT molecular complexity index is 1520. The van der Waals surface area contributed by atoms with Gasteiger partial charge in [-0.05, 0) is 37.5 Å². The largest absolute Gasteiger partial charge is 0.467 e. The van der Waals surface area contributed by atoms with Crippen LogP contribution in [-0.4, -0.2) is 97.0 Å². The van der Waals surface area contributed by atoms with Crippen LogP contribution in [0.2, 0.25) is 0 Å². The normalized spacial score (nSPS) is 20.4. The molecule has 0 radical (unpaired) electrons. The summed E-state index contributed by atoms with van der Waals surface area (Å²) in [4.78, 5) is 74.1. The van der Waals surface area contributed by atoms with Crippen molar-refractivity contribution in [1.29, 1.82) is 0 Å². The van der Waals surface area contributed by atoms with E-state index in [0.717, 1.165) is 39.5 Å². The van der Waals surface area contributed by atoms with Crippen LogP contribution in [0.15, 0.2) is 48.5 Å². The number of carbonyl (C=O) groups excluding carboxylic acids is 5. The second-order valence-electron chi connectivity index (χ2n) is 11.1. The number of ether oxygens (including phenoxy) is 8. The third kappa shape index (κ3) is 11.1. The Balaban J connectivity index is 1.79. The molecule has 1 saturated heterocycles. The van der Waals surface area contributed by atoms with Crippen LogP contribution in [0.5, 0.6) is 5.75 Å². The molecule has 1 amide bonds. The van der Waals surface area contributed by atoms with Gasteiger partial charge in [0.2, 0.25) is 12.4 Å². The molecular weight excluding hydrogens is 664 g/mol. The molecule has 1 aliphatic heterocycles. The summed E-state index contributed by atoms with van der Waals surface area (Å²) in [5, 5.41) is 12.1. The van der Waals surface area contributed by atoms with E-state index in [1.165, 1.54) is 17.0 Å². The van der Waals surface area contributed by atoms with Crippen molar-refractivity contribution in [3.63, 3.8) is 0 Å². The summed E-state index contributed by atoms with van der Waals surface area (Å²) in [5.74, 6) is -4.21. The van der Waals surface area contributed by atoms with E-state index >= 15 is 0 Å². The molecule has 0 bridgehead atoms. The molecule has 0 spiro atoms. The molecule has 2 aromatic rings. The first-order chi connectivity index (χ1) is 23.7. The number of hydrogen-bond donors (Lipinski definition) is 0. The lowest BCUT2D eigenvalue weighted by Crippen LogP contribution is -2.64. The smallest absolute Gasteiger partial charge is 0.411 e. The van der Waals surface area contributed by atoms with Crippen LogP contribution in [0.3, 0.4) is 0 Å². The van der Waals surface area contributed by atoms with Crippen molar-refractivity contribution in [3.05, 3.63) is 69.8 Å². The maximum atomic E-state index is 12.8. The van der Waals surface area contributed by atoms with E-state index in [4.69, 9.17) is 37.9 Å². The number of nitrogens with zero attached hydrogens (tertiary/aromatic N) is 2. The lowest BCUT2D eigenvalue weighted by atomic mass is 9.97. The maximum Gasteiger partial charge on any atom is 0.411 e. The molecule has 17 heteroatoms. The highest BCUT2D eigenvalue weighted by atomic mass is 16.7. The van der Waals surface area contributed by atoms with Gasteiger partial charge in [-0.25, -0.2) is 9.59 Å². The first kappa shape index (κ1) is 39.2. The number of amides is 1. The summed E-state index contributed by atoms with van der Waals surface area (Å²) in [6, 6.07) is 13.3. The third-order valence-corrected chi connectivity index (χ3v) is 7.18. The van der Waals surface area contributed by atoms with Gasteiger partial charge in [0, 0.05) is 33.4 Å².